The third-order valence-electron chi connectivity index (χ3n) is 3.91. The molecule has 0 saturated heterocycles. The Kier molecular flexibility index (Phi) is 4.75. The zero-order chi connectivity index (χ0) is 16.9. The zero-order valence-corrected chi connectivity index (χ0v) is 13.5. The zero-order valence-electron chi connectivity index (χ0n) is 13.5. The number of aryl methyl sites for hydroxylation is 1. The molecule has 1 amide bonds. The van der Waals surface area contributed by atoms with Gasteiger partial charge in [0.2, 0.25) is 5.91 Å². The molecule has 1 heterocycles. The summed E-state index contributed by atoms with van der Waals surface area (Å²) < 4.78 is 5.19. The summed E-state index contributed by atoms with van der Waals surface area (Å²) in [5, 5.41) is 3.72. The molecule has 0 aliphatic rings. The predicted molar refractivity (Wildman–Crippen MR) is 94.1 cm³/mol. The monoisotopic (exact) mass is 321 g/mol. The number of hydrogen-bond acceptors (Lipinski definition) is 3. The molecule has 4 nitrogen and oxygen atoms in total. The Bertz CT molecular complexity index is 913. The molecular weight excluding hydrogens is 302 g/mol. The van der Waals surface area contributed by atoms with Crippen LogP contribution in [0.3, 0.4) is 0 Å². The number of amides is 1. The van der Waals surface area contributed by atoms with Crippen LogP contribution in [0.2, 0.25) is 0 Å². The summed E-state index contributed by atoms with van der Waals surface area (Å²) >= 11 is 0. The molecule has 4 heteroatoms. The van der Waals surface area contributed by atoms with E-state index in [1.54, 1.807) is 6.07 Å². The Balaban J connectivity index is 1.69. The molecule has 0 fully saturated rings. The Morgan fingerprint density at radius 2 is 1.88 bits per heavy atom. The molecule has 122 valence electrons. The van der Waals surface area contributed by atoms with Crippen LogP contribution < -0.4 is 10.9 Å². The van der Waals surface area contributed by atoms with Gasteiger partial charge in [0.25, 0.3) is 0 Å². The summed E-state index contributed by atoms with van der Waals surface area (Å²) in [6.07, 6.45) is 0.948. The first-order chi connectivity index (χ1) is 11.6. The minimum absolute atomic E-state index is 0.0978. The van der Waals surface area contributed by atoms with Gasteiger partial charge in [0, 0.05) is 18.0 Å². The van der Waals surface area contributed by atoms with E-state index >= 15 is 0 Å². The Morgan fingerprint density at radius 1 is 1.08 bits per heavy atom. The van der Waals surface area contributed by atoms with E-state index in [1.165, 1.54) is 11.6 Å². The van der Waals surface area contributed by atoms with Crippen LogP contribution in [0, 0.1) is 6.92 Å². The first-order valence-electron chi connectivity index (χ1n) is 7.96. The van der Waals surface area contributed by atoms with Gasteiger partial charge in [0.05, 0.1) is 6.42 Å². The van der Waals surface area contributed by atoms with E-state index in [1.807, 2.05) is 49.4 Å². The first kappa shape index (κ1) is 16.0. The average Bonchev–Trinajstić information content (AvgIpc) is 2.56. The van der Waals surface area contributed by atoms with Gasteiger partial charge in [0.1, 0.15) is 5.58 Å². The van der Waals surface area contributed by atoms with Gasteiger partial charge in [-0.25, -0.2) is 4.79 Å². The largest absolute Gasteiger partial charge is 0.423 e. The summed E-state index contributed by atoms with van der Waals surface area (Å²) in [6.45, 7) is 2.54. The Morgan fingerprint density at radius 3 is 2.67 bits per heavy atom. The number of carbonyl (C=O) groups is 1. The lowest BCUT2D eigenvalue weighted by atomic mass is 10.0. The normalized spacial score (nSPS) is 10.7. The van der Waals surface area contributed by atoms with Crippen molar-refractivity contribution in [2.24, 2.45) is 0 Å². The average molecular weight is 321 g/mol. The third kappa shape index (κ3) is 3.90. The molecule has 0 unspecified atom stereocenters. The molecule has 1 aromatic heterocycles. The molecule has 2 aromatic carbocycles. The number of hydrogen-bond donors (Lipinski definition) is 1. The molecule has 3 rings (SSSR count). The maximum atomic E-state index is 12.2. The summed E-state index contributed by atoms with van der Waals surface area (Å²) in [5.74, 6) is -0.0978. The number of carbonyl (C=O) groups excluding carboxylic acids is 1. The summed E-state index contributed by atoms with van der Waals surface area (Å²) in [7, 11) is 0. The molecule has 3 aromatic rings. The fraction of sp³-hybridized carbons (Fsp3) is 0.200. The van der Waals surface area contributed by atoms with E-state index in [0.29, 0.717) is 17.7 Å². The van der Waals surface area contributed by atoms with Crippen molar-refractivity contribution in [1.29, 1.82) is 0 Å². The highest BCUT2D eigenvalue weighted by molar-refractivity contribution is 5.87. The van der Waals surface area contributed by atoms with Crippen LogP contribution in [-0.2, 0) is 17.6 Å². The van der Waals surface area contributed by atoms with Crippen molar-refractivity contribution in [1.82, 2.24) is 5.32 Å². The van der Waals surface area contributed by atoms with Crippen molar-refractivity contribution in [3.63, 3.8) is 0 Å². The quantitative estimate of drug-likeness (QED) is 0.735. The molecule has 1 N–H and O–H groups in total. The molecule has 0 radical (unpaired) electrons. The second kappa shape index (κ2) is 7.13. The van der Waals surface area contributed by atoms with E-state index in [0.717, 1.165) is 17.4 Å². The van der Waals surface area contributed by atoms with Crippen molar-refractivity contribution >= 4 is 16.9 Å². The van der Waals surface area contributed by atoms with Gasteiger partial charge in [-0.3, -0.25) is 4.79 Å². The molecular formula is C20H19NO3. The Hall–Kier alpha value is -2.88. The van der Waals surface area contributed by atoms with E-state index < -0.39 is 5.63 Å². The highest BCUT2D eigenvalue weighted by Crippen LogP contribution is 2.19. The minimum Gasteiger partial charge on any atom is -0.423 e. The topological polar surface area (TPSA) is 59.3 Å². The van der Waals surface area contributed by atoms with Gasteiger partial charge in [-0.1, -0.05) is 42.0 Å². The molecule has 0 aliphatic carbocycles. The van der Waals surface area contributed by atoms with Gasteiger partial charge in [-0.2, -0.15) is 0 Å². The highest BCUT2D eigenvalue weighted by Gasteiger charge is 2.10. The standard InChI is InChI=1S/C20H19NO3/c1-14-7-8-18-17(11-14)16(13-20(23)24-18)12-19(22)21-10-9-15-5-3-2-4-6-15/h2-8,11,13H,9-10,12H2,1H3,(H,21,22). The smallest absolute Gasteiger partial charge is 0.336 e. The molecule has 0 aliphatic heterocycles. The lowest BCUT2D eigenvalue weighted by Gasteiger charge is -2.08. The van der Waals surface area contributed by atoms with Crippen LogP contribution in [0.4, 0.5) is 0 Å². The summed E-state index contributed by atoms with van der Waals surface area (Å²) in [6, 6.07) is 17.0. The van der Waals surface area contributed by atoms with Crippen LogP contribution in [-0.4, -0.2) is 12.5 Å². The van der Waals surface area contributed by atoms with Crippen LogP contribution in [0.15, 0.2) is 63.8 Å². The van der Waals surface area contributed by atoms with Gasteiger partial charge < -0.3 is 9.73 Å². The van der Waals surface area contributed by atoms with Crippen molar-refractivity contribution < 1.29 is 9.21 Å². The second-order valence-corrected chi connectivity index (χ2v) is 5.85. The minimum atomic E-state index is -0.432. The summed E-state index contributed by atoms with van der Waals surface area (Å²) in [4.78, 5) is 23.9. The van der Waals surface area contributed by atoms with E-state index in [2.05, 4.69) is 5.32 Å². The van der Waals surface area contributed by atoms with E-state index in [4.69, 9.17) is 4.42 Å². The van der Waals surface area contributed by atoms with Crippen molar-refractivity contribution in [2.75, 3.05) is 6.54 Å². The maximum Gasteiger partial charge on any atom is 0.336 e. The SMILES string of the molecule is Cc1ccc2oc(=O)cc(CC(=O)NCCc3ccccc3)c2c1. The number of nitrogens with one attached hydrogen (secondary N) is 1. The fourth-order valence-electron chi connectivity index (χ4n) is 2.71. The summed E-state index contributed by atoms with van der Waals surface area (Å²) in [5.41, 5.74) is 3.02. The van der Waals surface area contributed by atoms with E-state index in [-0.39, 0.29) is 12.3 Å². The van der Waals surface area contributed by atoms with Gasteiger partial charge in [-0.15, -0.1) is 0 Å². The fourth-order valence-corrected chi connectivity index (χ4v) is 2.71. The molecule has 0 atom stereocenters. The van der Waals surface area contributed by atoms with Crippen LogP contribution in [0.1, 0.15) is 16.7 Å². The van der Waals surface area contributed by atoms with Gasteiger partial charge in [-0.05, 0) is 36.6 Å². The number of benzene rings is 2. The van der Waals surface area contributed by atoms with Crippen LogP contribution in [0.25, 0.3) is 11.0 Å². The predicted octanol–water partition coefficient (Wildman–Crippen LogP) is 3.00. The lowest BCUT2D eigenvalue weighted by Crippen LogP contribution is -2.27. The van der Waals surface area contributed by atoms with Gasteiger partial charge in [0.15, 0.2) is 0 Å². The number of fused-ring (bicyclic) bond motifs is 1. The second-order valence-electron chi connectivity index (χ2n) is 5.85. The molecule has 0 saturated carbocycles. The van der Waals surface area contributed by atoms with Crippen LogP contribution >= 0.6 is 0 Å². The molecule has 0 bridgehead atoms. The highest BCUT2D eigenvalue weighted by atomic mass is 16.4. The van der Waals surface area contributed by atoms with Crippen molar-refractivity contribution in [3.05, 3.63) is 81.7 Å². The number of rotatable bonds is 5. The Labute approximate surface area is 140 Å². The maximum absolute atomic E-state index is 12.2. The lowest BCUT2D eigenvalue weighted by molar-refractivity contribution is -0.120. The van der Waals surface area contributed by atoms with Gasteiger partial charge >= 0.3 is 5.63 Å². The third-order valence-corrected chi connectivity index (χ3v) is 3.91. The van der Waals surface area contributed by atoms with Crippen molar-refractivity contribution in [2.45, 2.75) is 19.8 Å². The molecule has 24 heavy (non-hydrogen) atoms. The van der Waals surface area contributed by atoms with E-state index in [9.17, 15) is 9.59 Å². The first-order valence-corrected chi connectivity index (χ1v) is 7.96. The van der Waals surface area contributed by atoms with Crippen LogP contribution in [0.5, 0.6) is 0 Å². The van der Waals surface area contributed by atoms with Crippen molar-refractivity contribution in [3.8, 4) is 0 Å². The molecule has 0 spiro atoms.